The Bertz CT molecular complexity index is 1290. The largest absolute Gasteiger partial charge is 0.326 e. The fraction of sp³-hybridized carbons (Fsp3) is 0.167. The summed E-state index contributed by atoms with van der Waals surface area (Å²) in [5.41, 5.74) is 1.75. The molecule has 2 unspecified atom stereocenters. The van der Waals surface area contributed by atoms with Crippen LogP contribution in [0.4, 0.5) is 15.8 Å². The Hall–Kier alpha value is -1.83. The van der Waals surface area contributed by atoms with Crippen molar-refractivity contribution in [2.24, 2.45) is 5.92 Å². The first-order valence-electron chi connectivity index (χ1n) is 9.97. The third kappa shape index (κ3) is 4.93. The Labute approximate surface area is 224 Å². The lowest BCUT2D eigenvalue weighted by atomic mass is 10.1. The monoisotopic (exact) mass is 602 g/mol. The van der Waals surface area contributed by atoms with Crippen molar-refractivity contribution in [2.75, 3.05) is 17.3 Å². The van der Waals surface area contributed by atoms with Gasteiger partial charge in [-0.25, -0.2) is 4.39 Å². The zero-order valence-corrected chi connectivity index (χ0v) is 22.1. The molecule has 0 radical (unpaired) electrons. The van der Waals surface area contributed by atoms with Crippen LogP contribution in [0.15, 0.2) is 65.1 Å². The SMILES string of the molecule is CN(C(=O)c1cc(NC(=O)C2C(c3ccc(Br)c(Cl)c3)C2(Cl)Cl)ccc1Cl)c1ccc(F)cc1. The summed E-state index contributed by atoms with van der Waals surface area (Å²) in [6.45, 7) is 0. The smallest absolute Gasteiger partial charge is 0.259 e. The average molecular weight is 605 g/mol. The van der Waals surface area contributed by atoms with Crippen molar-refractivity contribution in [3.63, 3.8) is 0 Å². The lowest BCUT2D eigenvalue weighted by Crippen LogP contribution is -2.26. The van der Waals surface area contributed by atoms with Crippen LogP contribution < -0.4 is 10.2 Å². The van der Waals surface area contributed by atoms with Gasteiger partial charge in [0.1, 0.15) is 10.2 Å². The summed E-state index contributed by atoms with van der Waals surface area (Å²) in [5.74, 6) is -2.40. The topological polar surface area (TPSA) is 49.4 Å². The minimum absolute atomic E-state index is 0.168. The molecule has 1 aliphatic rings. The fourth-order valence-electron chi connectivity index (χ4n) is 3.72. The molecule has 0 spiro atoms. The number of amides is 2. The van der Waals surface area contributed by atoms with E-state index in [1.54, 1.807) is 31.3 Å². The molecule has 0 saturated heterocycles. The zero-order valence-electron chi connectivity index (χ0n) is 17.5. The Morgan fingerprint density at radius 1 is 1.00 bits per heavy atom. The molecule has 34 heavy (non-hydrogen) atoms. The molecule has 0 aliphatic heterocycles. The van der Waals surface area contributed by atoms with E-state index in [2.05, 4.69) is 21.2 Å². The second-order valence-corrected chi connectivity index (χ2v) is 10.9. The van der Waals surface area contributed by atoms with Gasteiger partial charge in [-0.2, -0.15) is 0 Å². The van der Waals surface area contributed by atoms with E-state index in [0.717, 1.165) is 10.0 Å². The maximum atomic E-state index is 13.2. The van der Waals surface area contributed by atoms with E-state index in [-0.39, 0.29) is 10.6 Å². The highest BCUT2D eigenvalue weighted by molar-refractivity contribution is 9.10. The van der Waals surface area contributed by atoms with Gasteiger partial charge in [-0.15, -0.1) is 23.2 Å². The van der Waals surface area contributed by atoms with E-state index in [0.29, 0.717) is 16.4 Å². The van der Waals surface area contributed by atoms with Crippen molar-refractivity contribution in [3.05, 3.63) is 92.1 Å². The van der Waals surface area contributed by atoms with Crippen LogP contribution in [0.2, 0.25) is 10.0 Å². The van der Waals surface area contributed by atoms with Crippen LogP contribution in [0.5, 0.6) is 0 Å². The number of carbonyl (C=O) groups excluding carboxylic acids is 2. The highest BCUT2D eigenvalue weighted by Gasteiger charge is 2.67. The van der Waals surface area contributed by atoms with E-state index in [1.807, 2.05) is 0 Å². The lowest BCUT2D eigenvalue weighted by Gasteiger charge is -2.18. The van der Waals surface area contributed by atoms with Gasteiger partial charge in [0, 0.05) is 28.8 Å². The van der Waals surface area contributed by atoms with Crippen LogP contribution in [0.25, 0.3) is 0 Å². The highest BCUT2D eigenvalue weighted by atomic mass is 79.9. The number of carbonyl (C=O) groups is 2. The molecule has 1 fully saturated rings. The number of hydrogen-bond donors (Lipinski definition) is 1. The van der Waals surface area contributed by atoms with Crippen molar-refractivity contribution >= 4 is 85.5 Å². The lowest BCUT2D eigenvalue weighted by molar-refractivity contribution is -0.117. The van der Waals surface area contributed by atoms with Gasteiger partial charge < -0.3 is 10.2 Å². The fourth-order valence-corrected chi connectivity index (χ4v) is 5.19. The molecule has 2 atom stereocenters. The van der Waals surface area contributed by atoms with E-state index < -0.39 is 33.8 Å². The molecule has 0 aromatic heterocycles. The summed E-state index contributed by atoms with van der Waals surface area (Å²) < 4.78 is 12.6. The van der Waals surface area contributed by atoms with Gasteiger partial charge in [0.15, 0.2) is 0 Å². The molecular weight excluding hydrogens is 589 g/mol. The quantitative estimate of drug-likeness (QED) is 0.304. The molecule has 1 saturated carbocycles. The number of anilines is 2. The van der Waals surface area contributed by atoms with Crippen LogP contribution in [-0.4, -0.2) is 23.2 Å². The Morgan fingerprint density at radius 2 is 1.68 bits per heavy atom. The second kappa shape index (κ2) is 9.67. The average Bonchev–Trinajstić information content (AvgIpc) is 3.38. The molecule has 0 bridgehead atoms. The number of benzene rings is 3. The summed E-state index contributed by atoms with van der Waals surface area (Å²) in [4.78, 5) is 27.3. The third-order valence-electron chi connectivity index (χ3n) is 5.62. The highest BCUT2D eigenvalue weighted by Crippen LogP contribution is 2.65. The van der Waals surface area contributed by atoms with E-state index in [9.17, 15) is 14.0 Å². The first-order chi connectivity index (χ1) is 16.0. The molecule has 3 aromatic rings. The van der Waals surface area contributed by atoms with Gasteiger partial charge in [-0.3, -0.25) is 9.59 Å². The second-order valence-electron chi connectivity index (χ2n) is 7.83. The molecule has 1 aliphatic carbocycles. The predicted octanol–water partition coefficient (Wildman–Crippen LogP) is 7.70. The molecule has 4 nitrogen and oxygen atoms in total. The molecule has 0 heterocycles. The van der Waals surface area contributed by atoms with Gasteiger partial charge in [-0.1, -0.05) is 29.3 Å². The van der Waals surface area contributed by atoms with Gasteiger partial charge >= 0.3 is 0 Å². The number of nitrogens with zero attached hydrogens (tertiary/aromatic N) is 1. The number of alkyl halides is 2. The number of rotatable bonds is 5. The first-order valence-corrected chi connectivity index (χ1v) is 12.3. The maximum Gasteiger partial charge on any atom is 0.259 e. The van der Waals surface area contributed by atoms with Crippen molar-refractivity contribution in [1.29, 1.82) is 0 Å². The molecule has 4 rings (SSSR count). The van der Waals surface area contributed by atoms with Crippen LogP contribution in [0.3, 0.4) is 0 Å². The normalized spacial score (nSPS) is 18.3. The van der Waals surface area contributed by atoms with Crippen LogP contribution in [0, 0.1) is 11.7 Å². The minimum atomic E-state index is -1.30. The summed E-state index contributed by atoms with van der Waals surface area (Å²) in [5, 5.41) is 3.45. The summed E-state index contributed by atoms with van der Waals surface area (Å²) in [6, 6.07) is 15.3. The van der Waals surface area contributed by atoms with Gasteiger partial charge in [0.25, 0.3) is 5.91 Å². The zero-order chi connectivity index (χ0) is 24.8. The summed E-state index contributed by atoms with van der Waals surface area (Å²) in [6.07, 6.45) is 0. The van der Waals surface area contributed by atoms with Crippen LogP contribution in [-0.2, 0) is 4.79 Å². The molecule has 2 amide bonds. The molecular formula is C24H16BrCl4FN2O2. The molecule has 1 N–H and O–H groups in total. The van der Waals surface area contributed by atoms with Crippen molar-refractivity contribution < 1.29 is 14.0 Å². The van der Waals surface area contributed by atoms with E-state index >= 15 is 0 Å². The molecule has 3 aromatic carbocycles. The van der Waals surface area contributed by atoms with Crippen molar-refractivity contribution in [3.8, 4) is 0 Å². The Balaban J connectivity index is 1.53. The Morgan fingerprint density at radius 3 is 2.32 bits per heavy atom. The van der Waals surface area contributed by atoms with Crippen molar-refractivity contribution in [1.82, 2.24) is 0 Å². The summed E-state index contributed by atoms with van der Waals surface area (Å²) in [7, 11) is 1.55. The number of hydrogen-bond acceptors (Lipinski definition) is 2. The van der Waals surface area contributed by atoms with Gasteiger partial charge in [0.05, 0.1) is 21.5 Å². The standard InChI is InChI=1S/C24H16BrCl4FN2O2/c1-32(15-6-3-13(30)4-7-15)23(34)16-11-14(5-9-18(16)26)31-22(33)21-20(24(21,28)29)12-2-8-17(25)19(27)10-12/h2-11,20-21H,1H3,(H,31,33). The Kier molecular flexibility index (Phi) is 7.19. The summed E-state index contributed by atoms with van der Waals surface area (Å²) >= 11 is 28.6. The minimum Gasteiger partial charge on any atom is -0.326 e. The maximum absolute atomic E-state index is 13.2. The number of nitrogens with one attached hydrogen (secondary N) is 1. The third-order valence-corrected chi connectivity index (χ3v) is 8.12. The first kappa shape index (κ1) is 25.3. The van der Waals surface area contributed by atoms with Crippen LogP contribution >= 0.6 is 62.3 Å². The van der Waals surface area contributed by atoms with Gasteiger partial charge in [0.2, 0.25) is 5.91 Å². The van der Waals surface area contributed by atoms with Gasteiger partial charge in [-0.05, 0) is 76.1 Å². The van der Waals surface area contributed by atoms with Crippen molar-refractivity contribution in [2.45, 2.75) is 10.3 Å². The molecule has 176 valence electrons. The van der Waals surface area contributed by atoms with E-state index in [4.69, 9.17) is 46.4 Å². The number of halogens is 6. The predicted molar refractivity (Wildman–Crippen MR) is 139 cm³/mol. The van der Waals surface area contributed by atoms with E-state index in [1.165, 1.54) is 41.3 Å². The van der Waals surface area contributed by atoms with Crippen LogP contribution in [0.1, 0.15) is 21.8 Å². The molecule has 10 heteroatoms.